The topological polar surface area (TPSA) is 72.2 Å². The van der Waals surface area contributed by atoms with Gasteiger partial charge in [0.05, 0.1) is 11.0 Å². The standard InChI is InChI=1S/C11H10N2O3/c1-6-12-8-5-7(10(14)11(15)16)3-4-9(8)13(6)2/h3-5H,1-2H3,(H,15,16). The molecule has 16 heavy (non-hydrogen) atoms. The van der Waals surface area contributed by atoms with E-state index >= 15 is 0 Å². The number of hydrogen-bond donors (Lipinski definition) is 1. The lowest BCUT2D eigenvalue weighted by Crippen LogP contribution is -2.12. The number of aromatic nitrogens is 2. The lowest BCUT2D eigenvalue weighted by atomic mass is 10.1. The first-order valence-corrected chi connectivity index (χ1v) is 4.71. The number of hydrogen-bond acceptors (Lipinski definition) is 3. The van der Waals surface area contributed by atoms with Crippen molar-refractivity contribution in [3.05, 3.63) is 29.6 Å². The number of fused-ring (bicyclic) bond motifs is 1. The maximum atomic E-state index is 11.2. The Hall–Kier alpha value is -2.17. The van der Waals surface area contributed by atoms with Gasteiger partial charge in [0.25, 0.3) is 5.78 Å². The molecule has 0 fully saturated rings. The third kappa shape index (κ3) is 1.46. The van der Waals surface area contributed by atoms with E-state index in [0.29, 0.717) is 5.52 Å². The number of carboxylic acids is 1. The van der Waals surface area contributed by atoms with E-state index in [4.69, 9.17) is 5.11 Å². The third-order valence-electron chi connectivity index (χ3n) is 2.56. The van der Waals surface area contributed by atoms with Crippen LogP contribution in [0.4, 0.5) is 0 Å². The monoisotopic (exact) mass is 218 g/mol. The summed E-state index contributed by atoms with van der Waals surface area (Å²) in [4.78, 5) is 26.0. The number of carboxylic acid groups (broad SMARTS) is 1. The largest absolute Gasteiger partial charge is 0.475 e. The third-order valence-corrected chi connectivity index (χ3v) is 2.56. The van der Waals surface area contributed by atoms with Crippen LogP contribution in [0, 0.1) is 6.92 Å². The number of aliphatic carboxylic acids is 1. The number of aryl methyl sites for hydroxylation is 2. The van der Waals surface area contributed by atoms with Gasteiger partial charge in [-0.2, -0.15) is 0 Å². The van der Waals surface area contributed by atoms with Gasteiger partial charge in [-0.1, -0.05) is 0 Å². The average Bonchev–Trinajstić information content (AvgIpc) is 2.53. The van der Waals surface area contributed by atoms with Gasteiger partial charge in [0.15, 0.2) is 0 Å². The second-order valence-electron chi connectivity index (χ2n) is 3.56. The van der Waals surface area contributed by atoms with Crippen molar-refractivity contribution in [3.8, 4) is 0 Å². The minimum atomic E-state index is -1.45. The number of nitrogens with zero attached hydrogens (tertiary/aromatic N) is 2. The van der Waals surface area contributed by atoms with Gasteiger partial charge >= 0.3 is 5.97 Å². The molecule has 2 rings (SSSR count). The highest BCUT2D eigenvalue weighted by atomic mass is 16.4. The zero-order valence-electron chi connectivity index (χ0n) is 8.89. The molecule has 1 heterocycles. The van der Waals surface area contributed by atoms with Crippen LogP contribution in [-0.2, 0) is 11.8 Å². The van der Waals surface area contributed by atoms with Gasteiger partial charge < -0.3 is 9.67 Å². The second-order valence-corrected chi connectivity index (χ2v) is 3.56. The molecule has 1 aromatic heterocycles. The Morgan fingerprint density at radius 3 is 2.69 bits per heavy atom. The molecule has 0 radical (unpaired) electrons. The van der Waals surface area contributed by atoms with Crippen LogP contribution in [0.2, 0.25) is 0 Å². The van der Waals surface area contributed by atoms with E-state index in [1.54, 1.807) is 6.07 Å². The molecular weight excluding hydrogens is 208 g/mol. The van der Waals surface area contributed by atoms with Gasteiger partial charge in [0.1, 0.15) is 5.82 Å². The summed E-state index contributed by atoms with van der Waals surface area (Å²) >= 11 is 0. The first-order valence-electron chi connectivity index (χ1n) is 4.71. The molecule has 0 amide bonds. The summed E-state index contributed by atoms with van der Waals surface area (Å²) in [7, 11) is 1.86. The molecule has 0 spiro atoms. The molecule has 0 unspecified atom stereocenters. The van der Waals surface area contributed by atoms with Gasteiger partial charge in [-0.3, -0.25) is 4.79 Å². The minimum absolute atomic E-state index is 0.151. The van der Waals surface area contributed by atoms with E-state index in [1.165, 1.54) is 12.1 Å². The van der Waals surface area contributed by atoms with Crippen LogP contribution in [0.3, 0.4) is 0 Å². The van der Waals surface area contributed by atoms with Crippen LogP contribution in [0.15, 0.2) is 18.2 Å². The smallest absolute Gasteiger partial charge is 0.377 e. The fraction of sp³-hybridized carbons (Fsp3) is 0.182. The van der Waals surface area contributed by atoms with E-state index < -0.39 is 11.8 Å². The molecule has 0 aliphatic rings. The van der Waals surface area contributed by atoms with Gasteiger partial charge in [-0.25, -0.2) is 9.78 Å². The van der Waals surface area contributed by atoms with Gasteiger partial charge in [-0.05, 0) is 25.1 Å². The summed E-state index contributed by atoms with van der Waals surface area (Å²) in [6, 6.07) is 4.70. The Balaban J connectivity index is 2.61. The molecule has 0 saturated heterocycles. The van der Waals surface area contributed by atoms with Crippen molar-refractivity contribution in [2.45, 2.75) is 6.92 Å². The molecule has 0 bridgehead atoms. The van der Waals surface area contributed by atoms with Gasteiger partial charge in [0.2, 0.25) is 0 Å². The van der Waals surface area contributed by atoms with Crippen LogP contribution >= 0.6 is 0 Å². The predicted molar refractivity (Wildman–Crippen MR) is 57.4 cm³/mol. The molecule has 82 valence electrons. The predicted octanol–water partition coefficient (Wildman–Crippen LogP) is 1.15. The molecule has 2 aromatic rings. The van der Waals surface area contributed by atoms with Crippen LogP contribution in [0.5, 0.6) is 0 Å². The number of benzene rings is 1. The molecule has 0 atom stereocenters. The zero-order chi connectivity index (χ0) is 11.9. The Kier molecular flexibility index (Phi) is 2.23. The van der Waals surface area contributed by atoms with Crippen molar-refractivity contribution in [3.63, 3.8) is 0 Å². The van der Waals surface area contributed by atoms with Crippen molar-refractivity contribution >= 4 is 22.8 Å². The summed E-state index contributed by atoms with van der Waals surface area (Å²) in [5, 5.41) is 8.59. The molecule has 1 N–H and O–H groups in total. The van der Waals surface area contributed by atoms with Crippen molar-refractivity contribution in [2.24, 2.45) is 7.05 Å². The molecular formula is C11H10N2O3. The van der Waals surface area contributed by atoms with E-state index in [-0.39, 0.29) is 5.56 Å². The van der Waals surface area contributed by atoms with Crippen LogP contribution in [0.1, 0.15) is 16.2 Å². The second kappa shape index (κ2) is 3.44. The minimum Gasteiger partial charge on any atom is -0.475 e. The van der Waals surface area contributed by atoms with Crippen molar-refractivity contribution in [2.75, 3.05) is 0 Å². The van der Waals surface area contributed by atoms with E-state index in [2.05, 4.69) is 4.98 Å². The van der Waals surface area contributed by atoms with E-state index in [0.717, 1.165) is 11.3 Å². The zero-order valence-corrected chi connectivity index (χ0v) is 8.89. The van der Waals surface area contributed by atoms with Crippen LogP contribution in [-0.4, -0.2) is 26.4 Å². The van der Waals surface area contributed by atoms with Crippen LogP contribution < -0.4 is 0 Å². The SMILES string of the molecule is Cc1nc2cc(C(=O)C(=O)O)ccc2n1C. The van der Waals surface area contributed by atoms with Gasteiger partial charge in [-0.15, -0.1) is 0 Å². The molecule has 5 heteroatoms. The summed E-state index contributed by atoms with van der Waals surface area (Å²) in [5.41, 5.74) is 1.66. The Bertz CT molecular complexity index is 599. The maximum Gasteiger partial charge on any atom is 0.377 e. The maximum absolute atomic E-state index is 11.2. The fourth-order valence-electron chi connectivity index (χ4n) is 1.58. The highest BCUT2D eigenvalue weighted by Gasteiger charge is 2.15. The van der Waals surface area contributed by atoms with Crippen LogP contribution in [0.25, 0.3) is 11.0 Å². The molecule has 0 aliphatic heterocycles. The summed E-state index contributed by atoms with van der Waals surface area (Å²) in [6.07, 6.45) is 0. The summed E-state index contributed by atoms with van der Waals surface area (Å²) in [6.45, 7) is 1.85. The van der Waals surface area contributed by atoms with Crippen molar-refractivity contribution in [1.29, 1.82) is 0 Å². The first kappa shape index (κ1) is 10.4. The number of carbonyl (C=O) groups excluding carboxylic acids is 1. The lowest BCUT2D eigenvalue weighted by Gasteiger charge is -1.98. The van der Waals surface area contributed by atoms with Gasteiger partial charge in [0, 0.05) is 12.6 Å². The Morgan fingerprint density at radius 2 is 2.06 bits per heavy atom. The Labute approximate surface area is 91.3 Å². The number of Topliss-reactive ketones (excluding diaryl/α,β-unsaturated/α-hetero) is 1. The lowest BCUT2D eigenvalue weighted by molar-refractivity contribution is -0.131. The number of imidazole rings is 1. The van der Waals surface area contributed by atoms with Crippen molar-refractivity contribution < 1.29 is 14.7 Å². The number of ketones is 1. The highest BCUT2D eigenvalue weighted by molar-refractivity contribution is 6.40. The summed E-state index contributed by atoms with van der Waals surface area (Å²) in [5.74, 6) is -1.55. The number of rotatable bonds is 2. The fourth-order valence-corrected chi connectivity index (χ4v) is 1.58. The molecule has 0 aliphatic carbocycles. The highest BCUT2D eigenvalue weighted by Crippen LogP contribution is 2.16. The quantitative estimate of drug-likeness (QED) is 0.606. The summed E-state index contributed by atoms with van der Waals surface area (Å²) < 4.78 is 1.88. The number of carbonyl (C=O) groups is 2. The Morgan fingerprint density at radius 1 is 1.38 bits per heavy atom. The van der Waals surface area contributed by atoms with Crippen molar-refractivity contribution in [1.82, 2.24) is 9.55 Å². The molecule has 1 aromatic carbocycles. The molecule has 5 nitrogen and oxygen atoms in total. The van der Waals surface area contributed by atoms with E-state index in [1.807, 2.05) is 18.5 Å². The average molecular weight is 218 g/mol. The molecule has 0 saturated carbocycles. The first-order chi connectivity index (χ1) is 7.50. The van der Waals surface area contributed by atoms with E-state index in [9.17, 15) is 9.59 Å². The normalized spacial score (nSPS) is 10.6.